The molecule has 3 rings (SSSR count). The summed E-state index contributed by atoms with van der Waals surface area (Å²) in [6, 6.07) is 18.1. The lowest BCUT2D eigenvalue weighted by Crippen LogP contribution is -2.05. The van der Waals surface area contributed by atoms with Crippen molar-refractivity contribution >= 4 is 0 Å². The molecular weight excluding hydrogens is 252 g/mol. The van der Waals surface area contributed by atoms with Gasteiger partial charge in [-0.2, -0.15) is 0 Å². The molecule has 0 bridgehead atoms. The average molecular weight is 270 g/mol. The van der Waals surface area contributed by atoms with Gasteiger partial charge in [-0.3, -0.25) is 0 Å². The van der Waals surface area contributed by atoms with Crippen LogP contribution in [0.2, 0.25) is 0 Å². The summed E-state index contributed by atoms with van der Waals surface area (Å²) in [5.74, 6) is 1.67. The largest absolute Gasteiger partial charge is 0.493 e. The van der Waals surface area contributed by atoms with Crippen LogP contribution in [0.25, 0.3) is 0 Å². The monoisotopic (exact) mass is 270 g/mol. The lowest BCUT2D eigenvalue weighted by atomic mass is 10.2. The topological polar surface area (TPSA) is 31.0 Å². The van der Waals surface area contributed by atoms with Gasteiger partial charge < -0.3 is 14.2 Å². The lowest BCUT2D eigenvalue weighted by Gasteiger charge is -2.09. The fourth-order valence-corrected chi connectivity index (χ4v) is 1.94. The summed E-state index contributed by atoms with van der Waals surface area (Å²) in [6.07, 6.45) is 1.18. The van der Waals surface area contributed by atoms with Crippen molar-refractivity contribution < 1.29 is 14.2 Å². The van der Waals surface area contributed by atoms with Gasteiger partial charge in [-0.25, -0.2) is 0 Å². The third-order valence-corrected chi connectivity index (χ3v) is 3.15. The Kier molecular flexibility index (Phi) is 4.19. The van der Waals surface area contributed by atoms with Crippen LogP contribution in [0.5, 0.6) is 11.5 Å². The number of epoxide rings is 1. The Morgan fingerprint density at radius 3 is 2.45 bits per heavy atom. The maximum Gasteiger partial charge on any atom is 0.123 e. The molecule has 3 nitrogen and oxygen atoms in total. The van der Waals surface area contributed by atoms with E-state index < -0.39 is 0 Å². The predicted octanol–water partition coefficient (Wildman–Crippen LogP) is 3.09. The zero-order valence-electron chi connectivity index (χ0n) is 11.3. The zero-order valence-corrected chi connectivity index (χ0v) is 11.3. The molecule has 1 atom stereocenters. The molecular formula is C17H18O3. The first-order chi connectivity index (χ1) is 9.90. The standard InChI is InChI=1S/C17H18O3/c1-2-5-14(6-3-1)9-10-18-15-7-4-8-16(11-15)19-12-17-13-20-17/h1-8,11,17H,9-10,12-13H2. The molecule has 0 N–H and O–H groups in total. The highest BCUT2D eigenvalue weighted by atomic mass is 16.6. The smallest absolute Gasteiger partial charge is 0.123 e. The van der Waals surface area contributed by atoms with Gasteiger partial charge in [-0.05, 0) is 17.7 Å². The Hall–Kier alpha value is -2.00. The van der Waals surface area contributed by atoms with Gasteiger partial charge in [0.2, 0.25) is 0 Å². The van der Waals surface area contributed by atoms with Crippen molar-refractivity contribution in [3.63, 3.8) is 0 Å². The normalized spacial score (nSPS) is 16.7. The van der Waals surface area contributed by atoms with E-state index in [0.717, 1.165) is 24.5 Å². The van der Waals surface area contributed by atoms with Gasteiger partial charge >= 0.3 is 0 Å². The van der Waals surface area contributed by atoms with E-state index in [0.29, 0.717) is 13.2 Å². The highest BCUT2D eigenvalue weighted by Crippen LogP contribution is 2.21. The van der Waals surface area contributed by atoms with E-state index in [9.17, 15) is 0 Å². The van der Waals surface area contributed by atoms with Gasteiger partial charge in [0, 0.05) is 12.5 Å². The summed E-state index contributed by atoms with van der Waals surface area (Å²) in [5.41, 5.74) is 1.28. The second kappa shape index (κ2) is 6.44. The molecule has 2 aromatic carbocycles. The summed E-state index contributed by atoms with van der Waals surface area (Å²) in [5, 5.41) is 0. The van der Waals surface area contributed by atoms with E-state index in [1.807, 2.05) is 42.5 Å². The first kappa shape index (κ1) is 13.0. The molecule has 0 amide bonds. The number of hydrogen-bond acceptors (Lipinski definition) is 3. The minimum Gasteiger partial charge on any atom is -0.493 e. The molecule has 1 saturated heterocycles. The van der Waals surface area contributed by atoms with Crippen LogP contribution in [0.15, 0.2) is 54.6 Å². The van der Waals surface area contributed by atoms with Crippen LogP contribution in [-0.2, 0) is 11.2 Å². The number of benzene rings is 2. The number of ether oxygens (including phenoxy) is 3. The van der Waals surface area contributed by atoms with Crippen LogP contribution in [0.1, 0.15) is 5.56 Å². The molecule has 1 aliphatic heterocycles. The zero-order chi connectivity index (χ0) is 13.6. The lowest BCUT2D eigenvalue weighted by molar-refractivity contribution is 0.260. The summed E-state index contributed by atoms with van der Waals surface area (Å²) in [7, 11) is 0. The molecule has 0 aliphatic carbocycles. The van der Waals surface area contributed by atoms with E-state index in [-0.39, 0.29) is 6.10 Å². The highest BCUT2D eigenvalue weighted by molar-refractivity contribution is 5.33. The van der Waals surface area contributed by atoms with Crippen molar-refractivity contribution in [2.24, 2.45) is 0 Å². The van der Waals surface area contributed by atoms with Crippen LogP contribution in [-0.4, -0.2) is 25.9 Å². The highest BCUT2D eigenvalue weighted by Gasteiger charge is 2.23. The molecule has 3 heteroatoms. The molecule has 1 unspecified atom stereocenters. The SMILES string of the molecule is c1ccc(CCOc2cccc(OCC3CO3)c2)cc1. The van der Waals surface area contributed by atoms with Crippen molar-refractivity contribution in [1.82, 2.24) is 0 Å². The summed E-state index contributed by atoms with van der Waals surface area (Å²) < 4.78 is 16.5. The van der Waals surface area contributed by atoms with E-state index in [1.54, 1.807) is 0 Å². The van der Waals surface area contributed by atoms with Crippen LogP contribution >= 0.6 is 0 Å². The third-order valence-electron chi connectivity index (χ3n) is 3.15. The van der Waals surface area contributed by atoms with Crippen molar-refractivity contribution in [2.45, 2.75) is 12.5 Å². The van der Waals surface area contributed by atoms with Crippen molar-refractivity contribution in [2.75, 3.05) is 19.8 Å². The minimum absolute atomic E-state index is 0.276. The molecule has 20 heavy (non-hydrogen) atoms. The van der Waals surface area contributed by atoms with Gasteiger partial charge in [0.05, 0.1) is 13.2 Å². The van der Waals surface area contributed by atoms with Gasteiger partial charge in [0.15, 0.2) is 0 Å². The van der Waals surface area contributed by atoms with E-state index in [4.69, 9.17) is 14.2 Å². The maximum absolute atomic E-state index is 5.76. The Morgan fingerprint density at radius 2 is 1.70 bits per heavy atom. The molecule has 0 aromatic heterocycles. The Bertz CT molecular complexity index is 535. The number of hydrogen-bond donors (Lipinski definition) is 0. The van der Waals surface area contributed by atoms with E-state index >= 15 is 0 Å². The van der Waals surface area contributed by atoms with Crippen LogP contribution in [0.4, 0.5) is 0 Å². The average Bonchev–Trinajstić information content (AvgIpc) is 3.31. The summed E-state index contributed by atoms with van der Waals surface area (Å²) >= 11 is 0. The molecule has 2 aromatic rings. The van der Waals surface area contributed by atoms with Crippen LogP contribution in [0.3, 0.4) is 0 Å². The maximum atomic E-state index is 5.76. The Balaban J connectivity index is 1.47. The molecule has 0 saturated carbocycles. The van der Waals surface area contributed by atoms with Crippen molar-refractivity contribution in [3.8, 4) is 11.5 Å². The van der Waals surface area contributed by atoms with E-state index in [2.05, 4.69) is 12.1 Å². The van der Waals surface area contributed by atoms with Gasteiger partial charge in [0.25, 0.3) is 0 Å². The summed E-state index contributed by atoms with van der Waals surface area (Å²) in [4.78, 5) is 0. The molecule has 1 fully saturated rings. The van der Waals surface area contributed by atoms with E-state index in [1.165, 1.54) is 5.56 Å². The van der Waals surface area contributed by atoms with Crippen LogP contribution in [0, 0.1) is 0 Å². The fourth-order valence-electron chi connectivity index (χ4n) is 1.94. The first-order valence-electron chi connectivity index (χ1n) is 6.91. The number of rotatable bonds is 7. The second-order valence-electron chi connectivity index (χ2n) is 4.83. The van der Waals surface area contributed by atoms with Gasteiger partial charge in [-0.15, -0.1) is 0 Å². The molecule has 1 aliphatic rings. The quantitative estimate of drug-likeness (QED) is 0.724. The van der Waals surface area contributed by atoms with Crippen molar-refractivity contribution in [1.29, 1.82) is 0 Å². The Labute approximate surface area is 119 Å². The second-order valence-corrected chi connectivity index (χ2v) is 4.83. The molecule has 1 heterocycles. The van der Waals surface area contributed by atoms with Crippen LogP contribution < -0.4 is 9.47 Å². The predicted molar refractivity (Wildman–Crippen MR) is 77.3 cm³/mol. The molecule has 0 spiro atoms. The fraction of sp³-hybridized carbons (Fsp3) is 0.294. The van der Waals surface area contributed by atoms with Gasteiger partial charge in [-0.1, -0.05) is 36.4 Å². The van der Waals surface area contributed by atoms with Crippen molar-refractivity contribution in [3.05, 3.63) is 60.2 Å². The Morgan fingerprint density at radius 1 is 0.950 bits per heavy atom. The first-order valence-corrected chi connectivity index (χ1v) is 6.91. The molecule has 104 valence electrons. The third kappa shape index (κ3) is 4.00. The minimum atomic E-state index is 0.276. The summed E-state index contributed by atoms with van der Waals surface area (Å²) in [6.45, 7) is 2.10. The van der Waals surface area contributed by atoms with Gasteiger partial charge in [0.1, 0.15) is 24.2 Å². The molecule has 0 radical (unpaired) electrons.